The Bertz CT molecular complexity index is 552. The number of hydrogen-bond donors (Lipinski definition) is 2. The zero-order valence-electron chi connectivity index (χ0n) is 11.4. The van der Waals surface area contributed by atoms with E-state index in [-0.39, 0.29) is 16.6 Å². The third kappa shape index (κ3) is 3.93. The number of nitrogens with one attached hydrogen (secondary N) is 1. The van der Waals surface area contributed by atoms with Crippen LogP contribution in [0.15, 0.2) is 23.1 Å². The Morgan fingerprint density at radius 2 is 1.70 bits per heavy atom. The van der Waals surface area contributed by atoms with Crippen LogP contribution in [0.5, 0.6) is 0 Å². The highest BCUT2D eigenvalue weighted by atomic mass is 32.2. The van der Waals surface area contributed by atoms with Crippen LogP contribution in [-0.2, 0) is 10.0 Å². The average Bonchev–Trinajstić information content (AvgIpc) is 2.31. The van der Waals surface area contributed by atoms with Gasteiger partial charge in [0.25, 0.3) is 0 Å². The number of sulfonamides is 1. The zero-order chi connectivity index (χ0) is 14.6. The molecule has 1 aromatic rings. The Labute approximate surface area is 119 Å². The van der Waals surface area contributed by atoms with E-state index in [1.54, 1.807) is 0 Å². The fourth-order valence-electron chi connectivity index (χ4n) is 2.59. The summed E-state index contributed by atoms with van der Waals surface area (Å²) >= 11 is 0. The van der Waals surface area contributed by atoms with Gasteiger partial charge in [0.2, 0.25) is 10.0 Å². The highest BCUT2D eigenvalue weighted by molar-refractivity contribution is 7.89. The number of halogens is 1. The SMILES string of the molecule is Nc1ccc(S(=O)(=O)NC2CCCCCCC2)c(F)c1. The second-order valence-corrected chi connectivity index (χ2v) is 7.04. The van der Waals surface area contributed by atoms with Gasteiger partial charge in [0.15, 0.2) is 0 Å². The summed E-state index contributed by atoms with van der Waals surface area (Å²) in [5.41, 5.74) is 5.65. The Morgan fingerprint density at radius 3 is 2.30 bits per heavy atom. The Balaban J connectivity index is 2.13. The lowest BCUT2D eigenvalue weighted by atomic mass is 9.97. The van der Waals surface area contributed by atoms with Crippen molar-refractivity contribution in [2.75, 3.05) is 5.73 Å². The topological polar surface area (TPSA) is 72.2 Å². The molecule has 1 aromatic carbocycles. The quantitative estimate of drug-likeness (QED) is 0.843. The molecule has 0 amide bonds. The van der Waals surface area contributed by atoms with Gasteiger partial charge in [0.05, 0.1) is 0 Å². The standard InChI is InChI=1S/C14H21FN2O2S/c15-13-10-11(16)8-9-14(13)20(18,19)17-12-6-4-2-1-3-5-7-12/h8-10,12,17H,1-7,16H2. The van der Waals surface area contributed by atoms with Crippen molar-refractivity contribution in [3.63, 3.8) is 0 Å². The number of nitrogen functional groups attached to an aromatic ring is 1. The predicted octanol–water partition coefficient (Wildman–Crippen LogP) is 2.80. The van der Waals surface area contributed by atoms with E-state index in [0.717, 1.165) is 44.6 Å². The second kappa shape index (κ2) is 6.54. The Morgan fingerprint density at radius 1 is 1.10 bits per heavy atom. The van der Waals surface area contributed by atoms with Gasteiger partial charge in [-0.2, -0.15) is 0 Å². The minimum absolute atomic E-state index is 0.0998. The van der Waals surface area contributed by atoms with Gasteiger partial charge >= 0.3 is 0 Å². The third-order valence-electron chi connectivity index (χ3n) is 3.67. The van der Waals surface area contributed by atoms with Crippen LogP contribution in [-0.4, -0.2) is 14.5 Å². The van der Waals surface area contributed by atoms with Gasteiger partial charge in [0, 0.05) is 11.7 Å². The molecule has 112 valence electrons. The van der Waals surface area contributed by atoms with Crippen LogP contribution < -0.4 is 10.5 Å². The van der Waals surface area contributed by atoms with Crippen LogP contribution in [0.3, 0.4) is 0 Å². The molecule has 4 nitrogen and oxygen atoms in total. The van der Waals surface area contributed by atoms with Crippen LogP contribution in [0.2, 0.25) is 0 Å². The van der Waals surface area contributed by atoms with Crippen LogP contribution in [0.1, 0.15) is 44.9 Å². The summed E-state index contributed by atoms with van der Waals surface area (Å²) in [5.74, 6) is -0.802. The molecule has 0 saturated heterocycles. The molecule has 3 N–H and O–H groups in total. The lowest BCUT2D eigenvalue weighted by Gasteiger charge is -2.21. The normalized spacial score (nSPS) is 18.4. The summed E-state index contributed by atoms with van der Waals surface area (Å²) in [6.07, 6.45) is 7.13. The van der Waals surface area contributed by atoms with Crippen molar-refractivity contribution in [3.05, 3.63) is 24.0 Å². The number of hydrogen-bond acceptors (Lipinski definition) is 3. The minimum atomic E-state index is -3.82. The van der Waals surface area contributed by atoms with E-state index in [0.29, 0.717) is 0 Å². The maximum Gasteiger partial charge on any atom is 0.243 e. The predicted molar refractivity (Wildman–Crippen MR) is 77.2 cm³/mol. The molecular weight excluding hydrogens is 279 g/mol. The first-order valence-corrected chi connectivity index (χ1v) is 8.55. The Hall–Kier alpha value is -1.14. The summed E-state index contributed by atoms with van der Waals surface area (Å²) < 4.78 is 40.9. The molecule has 1 aliphatic rings. The maximum absolute atomic E-state index is 13.7. The third-order valence-corrected chi connectivity index (χ3v) is 5.23. The lowest BCUT2D eigenvalue weighted by molar-refractivity contribution is 0.425. The van der Waals surface area contributed by atoms with Crippen molar-refractivity contribution < 1.29 is 12.8 Å². The van der Waals surface area contributed by atoms with Crippen molar-refractivity contribution in [2.45, 2.75) is 55.9 Å². The molecule has 0 spiro atoms. The van der Waals surface area contributed by atoms with Crippen molar-refractivity contribution in [3.8, 4) is 0 Å². The van der Waals surface area contributed by atoms with Crippen LogP contribution >= 0.6 is 0 Å². The van der Waals surface area contributed by atoms with Crippen molar-refractivity contribution in [2.24, 2.45) is 0 Å². The average molecular weight is 300 g/mol. The molecule has 20 heavy (non-hydrogen) atoms. The molecule has 2 rings (SSSR count). The first-order valence-electron chi connectivity index (χ1n) is 7.06. The van der Waals surface area contributed by atoms with Crippen LogP contribution in [0.25, 0.3) is 0 Å². The second-order valence-electron chi connectivity index (χ2n) is 5.35. The molecule has 1 saturated carbocycles. The highest BCUT2D eigenvalue weighted by Crippen LogP contribution is 2.21. The molecule has 0 radical (unpaired) electrons. The monoisotopic (exact) mass is 300 g/mol. The highest BCUT2D eigenvalue weighted by Gasteiger charge is 2.23. The zero-order valence-corrected chi connectivity index (χ0v) is 12.3. The van der Waals surface area contributed by atoms with Gasteiger partial charge in [-0.3, -0.25) is 0 Å². The minimum Gasteiger partial charge on any atom is -0.399 e. The molecule has 0 unspecified atom stereocenters. The summed E-state index contributed by atoms with van der Waals surface area (Å²) in [6, 6.07) is 3.55. The molecule has 0 bridgehead atoms. The molecule has 0 heterocycles. The fourth-order valence-corrected chi connectivity index (χ4v) is 3.96. The van der Waals surface area contributed by atoms with Crippen molar-refractivity contribution in [1.82, 2.24) is 4.72 Å². The van der Waals surface area contributed by atoms with Gasteiger partial charge in [-0.15, -0.1) is 0 Å². The van der Waals surface area contributed by atoms with E-state index < -0.39 is 15.8 Å². The van der Waals surface area contributed by atoms with Crippen molar-refractivity contribution >= 4 is 15.7 Å². The molecule has 0 aliphatic heterocycles. The van der Waals surface area contributed by atoms with E-state index >= 15 is 0 Å². The number of anilines is 1. The molecule has 1 fully saturated rings. The fraction of sp³-hybridized carbons (Fsp3) is 0.571. The van der Waals surface area contributed by atoms with E-state index in [9.17, 15) is 12.8 Å². The maximum atomic E-state index is 13.7. The lowest BCUT2D eigenvalue weighted by Crippen LogP contribution is -2.35. The van der Waals surface area contributed by atoms with E-state index in [1.807, 2.05) is 0 Å². The molecule has 0 atom stereocenters. The first kappa shape index (κ1) is 15.3. The largest absolute Gasteiger partial charge is 0.399 e. The molecule has 1 aliphatic carbocycles. The van der Waals surface area contributed by atoms with Gasteiger partial charge in [0.1, 0.15) is 10.7 Å². The van der Waals surface area contributed by atoms with Gasteiger partial charge in [-0.25, -0.2) is 17.5 Å². The first-order chi connectivity index (χ1) is 9.49. The smallest absolute Gasteiger partial charge is 0.243 e. The van der Waals surface area contributed by atoms with E-state index in [2.05, 4.69) is 4.72 Å². The summed E-state index contributed by atoms with van der Waals surface area (Å²) in [7, 11) is -3.82. The van der Waals surface area contributed by atoms with E-state index in [1.165, 1.54) is 18.6 Å². The molecule has 6 heteroatoms. The van der Waals surface area contributed by atoms with Gasteiger partial charge in [-0.1, -0.05) is 32.1 Å². The number of nitrogens with two attached hydrogens (primary N) is 1. The summed E-state index contributed by atoms with van der Waals surface area (Å²) in [6.45, 7) is 0. The number of rotatable bonds is 3. The van der Waals surface area contributed by atoms with Gasteiger partial charge in [-0.05, 0) is 31.0 Å². The van der Waals surface area contributed by atoms with Crippen LogP contribution in [0.4, 0.5) is 10.1 Å². The van der Waals surface area contributed by atoms with E-state index in [4.69, 9.17) is 5.73 Å². The molecule has 0 aromatic heterocycles. The van der Waals surface area contributed by atoms with Crippen LogP contribution in [0, 0.1) is 5.82 Å². The molecular formula is C14H21FN2O2S. The van der Waals surface area contributed by atoms with Gasteiger partial charge < -0.3 is 5.73 Å². The summed E-state index contributed by atoms with van der Waals surface area (Å²) in [5, 5.41) is 0. The van der Waals surface area contributed by atoms with Crippen molar-refractivity contribution in [1.29, 1.82) is 0 Å². The summed E-state index contributed by atoms with van der Waals surface area (Å²) in [4.78, 5) is -0.325. The number of benzene rings is 1. The Kier molecular flexibility index (Phi) is 4.99.